The molecule has 1 fully saturated rings. The third-order valence-electron chi connectivity index (χ3n) is 3.50. The number of likely N-dealkylation sites (N-methyl/N-ethyl adjacent to an activating group) is 1. The van der Waals surface area contributed by atoms with Crippen LogP contribution in [0.1, 0.15) is 30.1 Å². The Morgan fingerprint density at radius 2 is 2.37 bits per heavy atom. The number of benzene rings is 1. The van der Waals surface area contributed by atoms with Crippen LogP contribution in [0.2, 0.25) is 0 Å². The number of nitrogens with zero attached hydrogens (tertiary/aromatic N) is 1. The normalized spacial score (nSPS) is 19.2. The van der Waals surface area contributed by atoms with E-state index in [1.165, 1.54) is 6.07 Å². The maximum absolute atomic E-state index is 13.2. The zero-order chi connectivity index (χ0) is 13.8. The summed E-state index contributed by atoms with van der Waals surface area (Å²) in [5.74, 6) is -0.999. The minimum absolute atomic E-state index is 0.0347. The minimum Gasteiger partial charge on any atom is -0.507 e. The lowest BCUT2D eigenvalue weighted by molar-refractivity contribution is 0.0658. The molecule has 5 heteroatoms. The number of hydrogen-bond donors (Lipinski definition) is 2. The lowest BCUT2D eigenvalue weighted by Gasteiger charge is -2.34. The van der Waals surface area contributed by atoms with Gasteiger partial charge < -0.3 is 15.3 Å². The number of aromatic hydroxyl groups is 1. The molecule has 1 atom stereocenters. The van der Waals surface area contributed by atoms with Crippen molar-refractivity contribution in [3.63, 3.8) is 0 Å². The topological polar surface area (TPSA) is 52.6 Å². The van der Waals surface area contributed by atoms with Crippen molar-refractivity contribution < 1.29 is 14.3 Å². The van der Waals surface area contributed by atoms with Crippen molar-refractivity contribution >= 4 is 5.91 Å². The highest BCUT2D eigenvalue weighted by Crippen LogP contribution is 2.22. The summed E-state index contributed by atoms with van der Waals surface area (Å²) in [5, 5.41) is 13.0. The molecule has 1 aliphatic heterocycles. The van der Waals surface area contributed by atoms with Gasteiger partial charge in [0.2, 0.25) is 0 Å². The number of phenolic OH excluding ortho intramolecular Hbond substituents is 1. The maximum Gasteiger partial charge on any atom is 0.258 e. The average molecular weight is 266 g/mol. The van der Waals surface area contributed by atoms with Gasteiger partial charge in [0.25, 0.3) is 5.91 Å². The maximum atomic E-state index is 13.2. The molecule has 0 bridgehead atoms. The van der Waals surface area contributed by atoms with Gasteiger partial charge in [-0.25, -0.2) is 4.39 Å². The van der Waals surface area contributed by atoms with E-state index >= 15 is 0 Å². The molecule has 2 N–H and O–H groups in total. The Morgan fingerprint density at radius 3 is 3.00 bits per heavy atom. The zero-order valence-electron chi connectivity index (χ0n) is 11.0. The summed E-state index contributed by atoms with van der Waals surface area (Å²) in [6.07, 6.45) is 1.95. The molecule has 1 aromatic carbocycles. The second-order valence-corrected chi connectivity index (χ2v) is 4.75. The van der Waals surface area contributed by atoms with Crippen molar-refractivity contribution in [3.05, 3.63) is 29.6 Å². The molecular weight excluding hydrogens is 247 g/mol. The lowest BCUT2D eigenvalue weighted by atomic mass is 10.0. The van der Waals surface area contributed by atoms with Gasteiger partial charge in [-0.3, -0.25) is 4.79 Å². The number of carbonyl (C=O) groups is 1. The van der Waals surface area contributed by atoms with Crippen LogP contribution in [0.3, 0.4) is 0 Å². The van der Waals surface area contributed by atoms with Crippen LogP contribution in [-0.2, 0) is 0 Å². The fraction of sp³-hybridized carbons (Fsp3) is 0.500. The largest absolute Gasteiger partial charge is 0.507 e. The number of hydrogen-bond acceptors (Lipinski definition) is 3. The molecule has 0 radical (unpaired) electrons. The Labute approximate surface area is 112 Å². The molecule has 0 saturated carbocycles. The van der Waals surface area contributed by atoms with Crippen LogP contribution in [0.5, 0.6) is 5.75 Å². The van der Waals surface area contributed by atoms with Crippen LogP contribution in [0.4, 0.5) is 4.39 Å². The summed E-state index contributed by atoms with van der Waals surface area (Å²) in [4.78, 5) is 14.1. The Hall–Kier alpha value is -1.62. The Kier molecular flexibility index (Phi) is 4.37. The molecule has 4 nitrogen and oxygen atoms in total. The summed E-state index contributed by atoms with van der Waals surface area (Å²) in [7, 11) is 0. The van der Waals surface area contributed by atoms with E-state index in [0.717, 1.165) is 38.1 Å². The molecule has 1 saturated heterocycles. The molecule has 1 amide bonds. The van der Waals surface area contributed by atoms with Gasteiger partial charge in [-0.15, -0.1) is 0 Å². The van der Waals surface area contributed by atoms with E-state index < -0.39 is 5.82 Å². The number of nitrogens with one attached hydrogen (secondary N) is 1. The highest BCUT2D eigenvalue weighted by Gasteiger charge is 2.26. The quantitative estimate of drug-likeness (QED) is 0.876. The van der Waals surface area contributed by atoms with Gasteiger partial charge in [0.15, 0.2) is 0 Å². The van der Waals surface area contributed by atoms with E-state index in [0.29, 0.717) is 6.54 Å². The molecule has 0 aliphatic carbocycles. The van der Waals surface area contributed by atoms with Crippen molar-refractivity contribution in [3.8, 4) is 5.75 Å². The first-order valence-corrected chi connectivity index (χ1v) is 6.63. The van der Waals surface area contributed by atoms with Crippen LogP contribution in [0.15, 0.2) is 18.2 Å². The SMILES string of the molecule is CCN(C(=O)c1cc(F)ccc1O)C1CCCNC1. The molecule has 0 aromatic heterocycles. The van der Waals surface area contributed by atoms with E-state index in [9.17, 15) is 14.3 Å². The van der Waals surface area contributed by atoms with Crippen molar-refractivity contribution in [2.24, 2.45) is 0 Å². The first-order valence-electron chi connectivity index (χ1n) is 6.63. The predicted octanol–water partition coefficient (Wildman–Crippen LogP) is 1.75. The molecule has 1 heterocycles. The van der Waals surface area contributed by atoms with Gasteiger partial charge in [0, 0.05) is 19.1 Å². The third kappa shape index (κ3) is 3.04. The van der Waals surface area contributed by atoms with Crippen molar-refractivity contribution in [1.82, 2.24) is 10.2 Å². The number of carbonyl (C=O) groups excluding carboxylic acids is 1. The van der Waals surface area contributed by atoms with Gasteiger partial charge in [-0.2, -0.15) is 0 Å². The molecule has 19 heavy (non-hydrogen) atoms. The molecule has 104 valence electrons. The van der Waals surface area contributed by atoms with E-state index in [-0.39, 0.29) is 23.3 Å². The van der Waals surface area contributed by atoms with Crippen LogP contribution < -0.4 is 5.32 Å². The molecular formula is C14H19FN2O2. The summed E-state index contributed by atoms with van der Waals surface area (Å²) >= 11 is 0. The highest BCUT2D eigenvalue weighted by atomic mass is 19.1. The fourth-order valence-electron chi connectivity index (χ4n) is 2.50. The summed E-state index contributed by atoms with van der Waals surface area (Å²) in [6, 6.07) is 3.56. The van der Waals surface area contributed by atoms with E-state index in [2.05, 4.69) is 5.32 Å². The van der Waals surface area contributed by atoms with Crippen molar-refractivity contribution in [2.75, 3.05) is 19.6 Å². The smallest absolute Gasteiger partial charge is 0.258 e. The summed E-state index contributed by atoms with van der Waals surface area (Å²) < 4.78 is 13.2. The van der Waals surface area contributed by atoms with Gasteiger partial charge in [-0.05, 0) is 44.5 Å². The van der Waals surface area contributed by atoms with Crippen LogP contribution in [0.25, 0.3) is 0 Å². The summed E-state index contributed by atoms with van der Waals surface area (Å²) in [6.45, 7) is 4.15. The van der Waals surface area contributed by atoms with Crippen LogP contribution in [0, 0.1) is 5.82 Å². The molecule has 1 aliphatic rings. The number of phenols is 1. The number of rotatable bonds is 3. The van der Waals surface area contributed by atoms with Gasteiger partial charge >= 0.3 is 0 Å². The molecule has 0 spiro atoms. The first kappa shape index (κ1) is 13.8. The van der Waals surface area contributed by atoms with Crippen molar-refractivity contribution in [1.29, 1.82) is 0 Å². The summed E-state index contributed by atoms with van der Waals surface area (Å²) in [5.41, 5.74) is 0.0347. The lowest BCUT2D eigenvalue weighted by Crippen LogP contribution is -2.48. The van der Waals surface area contributed by atoms with E-state index in [1.807, 2.05) is 6.92 Å². The number of piperidine rings is 1. The van der Waals surface area contributed by atoms with Crippen LogP contribution >= 0.6 is 0 Å². The Morgan fingerprint density at radius 1 is 1.58 bits per heavy atom. The Bertz CT molecular complexity index is 459. The minimum atomic E-state index is -0.515. The monoisotopic (exact) mass is 266 g/mol. The van der Waals surface area contributed by atoms with Gasteiger partial charge in [0.1, 0.15) is 11.6 Å². The predicted molar refractivity (Wildman–Crippen MR) is 70.7 cm³/mol. The standard InChI is InChI=1S/C14H19FN2O2/c1-2-17(11-4-3-7-16-9-11)14(19)12-8-10(15)5-6-13(12)18/h5-6,8,11,16,18H,2-4,7,9H2,1H3. The number of amides is 1. The van der Waals surface area contributed by atoms with Crippen LogP contribution in [-0.4, -0.2) is 41.6 Å². The fourth-order valence-corrected chi connectivity index (χ4v) is 2.50. The van der Waals surface area contributed by atoms with E-state index in [1.54, 1.807) is 4.90 Å². The highest BCUT2D eigenvalue weighted by molar-refractivity contribution is 5.97. The zero-order valence-corrected chi connectivity index (χ0v) is 11.0. The van der Waals surface area contributed by atoms with Crippen molar-refractivity contribution in [2.45, 2.75) is 25.8 Å². The molecule has 1 aromatic rings. The molecule has 2 rings (SSSR count). The second kappa shape index (κ2) is 6.02. The third-order valence-corrected chi connectivity index (χ3v) is 3.50. The average Bonchev–Trinajstić information content (AvgIpc) is 2.43. The first-order chi connectivity index (χ1) is 9.13. The number of halogens is 1. The van der Waals surface area contributed by atoms with Gasteiger partial charge in [-0.1, -0.05) is 0 Å². The van der Waals surface area contributed by atoms with E-state index in [4.69, 9.17) is 0 Å². The second-order valence-electron chi connectivity index (χ2n) is 4.75. The van der Waals surface area contributed by atoms with Gasteiger partial charge in [0.05, 0.1) is 5.56 Å². The molecule has 1 unspecified atom stereocenters. The Balaban J connectivity index is 2.22.